The zero-order valence-electron chi connectivity index (χ0n) is 11.3. The van der Waals surface area contributed by atoms with Crippen LogP contribution >= 0.6 is 34.9 Å². The van der Waals surface area contributed by atoms with Gasteiger partial charge in [-0.15, -0.1) is 10.2 Å². The van der Waals surface area contributed by atoms with E-state index in [1.54, 1.807) is 34.1 Å². The Labute approximate surface area is 138 Å². The molecule has 0 amide bonds. The van der Waals surface area contributed by atoms with Crippen molar-refractivity contribution >= 4 is 44.2 Å². The van der Waals surface area contributed by atoms with Gasteiger partial charge in [0, 0.05) is 11.3 Å². The van der Waals surface area contributed by atoms with Crippen LogP contribution in [0.1, 0.15) is 5.82 Å². The molecule has 1 aliphatic rings. The minimum Gasteiger partial charge on any atom is -0.271 e. The van der Waals surface area contributed by atoms with Gasteiger partial charge in [0.2, 0.25) is 4.96 Å². The van der Waals surface area contributed by atoms with E-state index < -0.39 is 0 Å². The predicted molar refractivity (Wildman–Crippen MR) is 90.1 cm³/mol. The standard InChI is InChI=1S/C13H10FN5S3/c14-9-3-1-2-8(6-9)11-18-19-10(16-17-12(19)22-11)7-21-13-15-4-5-20-13/h1-3,6H,4-5,7H2. The Morgan fingerprint density at radius 1 is 1.32 bits per heavy atom. The van der Waals surface area contributed by atoms with Gasteiger partial charge in [0.1, 0.15) is 15.2 Å². The summed E-state index contributed by atoms with van der Waals surface area (Å²) in [6.07, 6.45) is 0. The lowest BCUT2D eigenvalue weighted by molar-refractivity contribution is 0.628. The molecule has 0 fully saturated rings. The van der Waals surface area contributed by atoms with E-state index in [9.17, 15) is 4.39 Å². The van der Waals surface area contributed by atoms with Crippen LogP contribution in [0.25, 0.3) is 15.5 Å². The van der Waals surface area contributed by atoms with Crippen LogP contribution in [0.15, 0.2) is 29.3 Å². The van der Waals surface area contributed by atoms with Gasteiger partial charge in [-0.05, 0) is 12.1 Å². The van der Waals surface area contributed by atoms with Gasteiger partial charge in [-0.3, -0.25) is 4.99 Å². The maximum atomic E-state index is 13.3. The van der Waals surface area contributed by atoms with Crippen LogP contribution in [-0.2, 0) is 5.75 Å². The molecule has 0 unspecified atom stereocenters. The number of aliphatic imine (C=N–C) groups is 1. The van der Waals surface area contributed by atoms with Gasteiger partial charge in [0.25, 0.3) is 0 Å². The topological polar surface area (TPSA) is 55.4 Å². The van der Waals surface area contributed by atoms with Crippen molar-refractivity contribution in [1.29, 1.82) is 0 Å². The van der Waals surface area contributed by atoms with Crippen LogP contribution in [0.5, 0.6) is 0 Å². The average Bonchev–Trinajstić information content (AvgIpc) is 3.22. The summed E-state index contributed by atoms with van der Waals surface area (Å²) in [5, 5.41) is 13.6. The molecule has 0 radical (unpaired) electrons. The van der Waals surface area contributed by atoms with Gasteiger partial charge in [0.15, 0.2) is 5.82 Å². The van der Waals surface area contributed by atoms with Crippen molar-refractivity contribution in [1.82, 2.24) is 19.8 Å². The van der Waals surface area contributed by atoms with E-state index in [0.29, 0.717) is 5.75 Å². The lowest BCUT2D eigenvalue weighted by Gasteiger charge is -1.97. The van der Waals surface area contributed by atoms with Crippen LogP contribution in [-0.4, -0.2) is 36.5 Å². The quantitative estimate of drug-likeness (QED) is 0.724. The minimum absolute atomic E-state index is 0.268. The van der Waals surface area contributed by atoms with E-state index in [1.807, 2.05) is 6.07 Å². The summed E-state index contributed by atoms with van der Waals surface area (Å²) in [5.41, 5.74) is 0.754. The fourth-order valence-corrected chi connectivity index (χ4v) is 4.78. The van der Waals surface area contributed by atoms with E-state index in [4.69, 9.17) is 0 Å². The molecule has 0 saturated heterocycles. The van der Waals surface area contributed by atoms with Crippen LogP contribution in [0.3, 0.4) is 0 Å². The van der Waals surface area contributed by atoms with E-state index in [0.717, 1.165) is 38.0 Å². The number of fused-ring (bicyclic) bond motifs is 1. The highest BCUT2D eigenvalue weighted by Crippen LogP contribution is 2.28. The second kappa shape index (κ2) is 5.98. The molecule has 3 heterocycles. The molecule has 112 valence electrons. The zero-order valence-corrected chi connectivity index (χ0v) is 13.7. The van der Waals surface area contributed by atoms with Crippen molar-refractivity contribution < 1.29 is 4.39 Å². The molecular weight excluding hydrogens is 341 g/mol. The van der Waals surface area contributed by atoms with Crippen molar-refractivity contribution in [3.8, 4) is 10.6 Å². The predicted octanol–water partition coefficient (Wildman–Crippen LogP) is 3.33. The van der Waals surface area contributed by atoms with Gasteiger partial charge < -0.3 is 0 Å². The summed E-state index contributed by atoms with van der Waals surface area (Å²) in [6, 6.07) is 6.42. The molecule has 22 heavy (non-hydrogen) atoms. The van der Waals surface area contributed by atoms with Crippen LogP contribution < -0.4 is 0 Å². The Kier molecular flexibility index (Phi) is 3.85. The molecule has 0 N–H and O–H groups in total. The SMILES string of the molecule is Fc1cccc(-c2nn3c(CSC4=NCCS4)nnc3s2)c1. The third kappa shape index (κ3) is 2.75. The summed E-state index contributed by atoms with van der Waals surface area (Å²) in [4.78, 5) is 5.12. The smallest absolute Gasteiger partial charge is 0.235 e. The maximum absolute atomic E-state index is 13.3. The van der Waals surface area contributed by atoms with Crippen molar-refractivity contribution in [2.24, 2.45) is 4.99 Å². The Morgan fingerprint density at radius 3 is 3.09 bits per heavy atom. The summed E-state index contributed by atoms with van der Waals surface area (Å²) < 4.78 is 16.2. The van der Waals surface area contributed by atoms with E-state index >= 15 is 0 Å². The molecule has 3 aromatic rings. The molecule has 0 spiro atoms. The Morgan fingerprint density at radius 2 is 2.27 bits per heavy atom. The number of benzene rings is 1. The number of aromatic nitrogens is 4. The fraction of sp³-hybridized carbons (Fsp3) is 0.231. The summed E-state index contributed by atoms with van der Waals surface area (Å²) in [7, 11) is 0. The number of rotatable bonds is 3. The van der Waals surface area contributed by atoms with Gasteiger partial charge >= 0.3 is 0 Å². The van der Waals surface area contributed by atoms with Gasteiger partial charge in [-0.1, -0.05) is 47.0 Å². The monoisotopic (exact) mass is 351 g/mol. The number of halogens is 1. The lowest BCUT2D eigenvalue weighted by atomic mass is 10.2. The van der Waals surface area contributed by atoms with Crippen molar-refractivity contribution in [3.05, 3.63) is 35.9 Å². The molecule has 1 aromatic carbocycles. The van der Waals surface area contributed by atoms with Gasteiger partial charge in [-0.2, -0.15) is 9.61 Å². The molecule has 0 saturated carbocycles. The first-order valence-corrected chi connectivity index (χ1v) is 9.35. The molecule has 5 nitrogen and oxygen atoms in total. The van der Waals surface area contributed by atoms with E-state index in [2.05, 4.69) is 20.3 Å². The zero-order chi connectivity index (χ0) is 14.9. The molecule has 1 aliphatic heterocycles. The highest BCUT2D eigenvalue weighted by Gasteiger charge is 2.15. The largest absolute Gasteiger partial charge is 0.271 e. The van der Waals surface area contributed by atoms with Crippen molar-refractivity contribution in [3.63, 3.8) is 0 Å². The Bertz CT molecular complexity index is 856. The van der Waals surface area contributed by atoms with E-state index in [1.165, 1.54) is 23.5 Å². The molecule has 9 heteroatoms. The average molecular weight is 351 g/mol. The normalized spacial score (nSPS) is 14.7. The molecule has 2 aromatic heterocycles. The van der Waals surface area contributed by atoms with Gasteiger partial charge in [0.05, 0.1) is 12.3 Å². The number of hydrogen-bond acceptors (Lipinski definition) is 7. The van der Waals surface area contributed by atoms with Crippen LogP contribution in [0.2, 0.25) is 0 Å². The first-order chi connectivity index (χ1) is 10.8. The highest BCUT2D eigenvalue weighted by molar-refractivity contribution is 8.38. The molecule has 4 rings (SSSR count). The van der Waals surface area contributed by atoms with Crippen LogP contribution in [0.4, 0.5) is 4.39 Å². The minimum atomic E-state index is -0.268. The number of hydrogen-bond donors (Lipinski definition) is 0. The van der Waals surface area contributed by atoms with Crippen molar-refractivity contribution in [2.45, 2.75) is 5.75 Å². The lowest BCUT2D eigenvalue weighted by Crippen LogP contribution is -1.95. The summed E-state index contributed by atoms with van der Waals surface area (Å²) in [6.45, 7) is 0.892. The third-order valence-corrected chi connectivity index (χ3v) is 6.21. The molecular formula is C13H10FN5S3. The van der Waals surface area contributed by atoms with Crippen molar-refractivity contribution in [2.75, 3.05) is 12.3 Å². The maximum Gasteiger partial charge on any atom is 0.235 e. The van der Waals surface area contributed by atoms with E-state index in [-0.39, 0.29) is 5.82 Å². The van der Waals surface area contributed by atoms with Crippen LogP contribution in [0, 0.1) is 5.82 Å². The summed E-state index contributed by atoms with van der Waals surface area (Å²) >= 11 is 4.83. The first-order valence-electron chi connectivity index (χ1n) is 6.57. The molecule has 0 atom stereocenters. The highest BCUT2D eigenvalue weighted by atomic mass is 32.2. The summed E-state index contributed by atoms with van der Waals surface area (Å²) in [5.74, 6) is 2.25. The Hall–Kier alpha value is -1.45. The molecule has 0 aliphatic carbocycles. The number of nitrogens with zero attached hydrogens (tertiary/aromatic N) is 5. The Balaban J connectivity index is 1.61. The third-order valence-electron chi connectivity index (χ3n) is 3.01. The second-order valence-electron chi connectivity index (χ2n) is 4.51. The second-order valence-corrected chi connectivity index (χ2v) is 7.77. The first kappa shape index (κ1) is 14.2. The number of thioether (sulfide) groups is 2. The fourth-order valence-electron chi connectivity index (χ4n) is 2.01. The van der Waals surface area contributed by atoms with Gasteiger partial charge in [-0.25, -0.2) is 4.39 Å². The molecule has 0 bridgehead atoms.